The number of primary amides is 1. The molecule has 156 valence electrons. The maximum Gasteiger partial charge on any atom is 0.221 e. The van der Waals surface area contributed by atoms with Crippen LogP contribution in [0.4, 0.5) is 0 Å². The standard InChI is InChI=1S/C21H33N5O.HI/c22-20(27)19-9-6-10-25(16-19)15-18-8-5-7-17(13-18)14-24-21(23)26-11-3-1-2-4-12-26;/h5,7-8,13,19H,1-4,6,9-12,14-16H2,(H2,22,27)(H2,23,24);1H. The Morgan fingerprint density at radius 3 is 2.46 bits per heavy atom. The van der Waals surface area contributed by atoms with Gasteiger partial charge in [-0.25, -0.2) is 4.99 Å². The predicted molar refractivity (Wildman–Crippen MR) is 124 cm³/mol. The number of likely N-dealkylation sites (tertiary alicyclic amines) is 2. The highest BCUT2D eigenvalue weighted by Gasteiger charge is 2.23. The molecule has 7 heteroatoms. The average Bonchev–Trinajstić information content (AvgIpc) is 2.96. The lowest BCUT2D eigenvalue weighted by Gasteiger charge is -2.31. The van der Waals surface area contributed by atoms with Crippen molar-refractivity contribution in [2.45, 2.75) is 51.6 Å². The molecule has 2 heterocycles. The Morgan fingerprint density at radius 1 is 1.04 bits per heavy atom. The van der Waals surface area contributed by atoms with Crippen molar-refractivity contribution in [1.82, 2.24) is 9.80 Å². The molecular weight excluding hydrogens is 465 g/mol. The summed E-state index contributed by atoms with van der Waals surface area (Å²) in [7, 11) is 0. The van der Waals surface area contributed by atoms with E-state index >= 15 is 0 Å². The third-order valence-corrected chi connectivity index (χ3v) is 5.66. The van der Waals surface area contributed by atoms with Crippen molar-refractivity contribution >= 4 is 35.8 Å². The minimum Gasteiger partial charge on any atom is -0.370 e. The van der Waals surface area contributed by atoms with E-state index in [2.05, 4.69) is 39.1 Å². The van der Waals surface area contributed by atoms with Crippen LogP contribution in [0.2, 0.25) is 0 Å². The quantitative estimate of drug-likeness (QED) is 0.371. The fourth-order valence-corrected chi connectivity index (χ4v) is 4.09. The second-order valence-corrected chi connectivity index (χ2v) is 7.87. The Labute approximate surface area is 185 Å². The number of aliphatic imine (C=N–C) groups is 1. The van der Waals surface area contributed by atoms with Gasteiger partial charge in [-0.1, -0.05) is 37.1 Å². The molecule has 2 aliphatic rings. The lowest BCUT2D eigenvalue weighted by molar-refractivity contribution is -0.123. The van der Waals surface area contributed by atoms with Gasteiger partial charge in [0.1, 0.15) is 0 Å². The summed E-state index contributed by atoms with van der Waals surface area (Å²) in [6.07, 6.45) is 6.93. The lowest BCUT2D eigenvalue weighted by atomic mass is 9.97. The van der Waals surface area contributed by atoms with Crippen LogP contribution in [0.1, 0.15) is 49.7 Å². The number of carbonyl (C=O) groups is 1. The normalized spacial score (nSPS) is 21.6. The number of benzene rings is 1. The number of amides is 1. The van der Waals surface area contributed by atoms with Crippen LogP contribution in [0.5, 0.6) is 0 Å². The van der Waals surface area contributed by atoms with E-state index < -0.39 is 0 Å². The Balaban J connectivity index is 0.00000280. The number of rotatable bonds is 5. The second kappa shape index (κ2) is 11.6. The second-order valence-electron chi connectivity index (χ2n) is 7.87. The Morgan fingerprint density at radius 2 is 1.75 bits per heavy atom. The zero-order chi connectivity index (χ0) is 19.1. The predicted octanol–water partition coefficient (Wildman–Crippen LogP) is 2.69. The number of halogens is 1. The van der Waals surface area contributed by atoms with Gasteiger partial charge in [-0.15, -0.1) is 24.0 Å². The summed E-state index contributed by atoms with van der Waals surface area (Å²) in [6.45, 7) is 5.29. The first-order chi connectivity index (χ1) is 13.1. The summed E-state index contributed by atoms with van der Waals surface area (Å²) in [5.41, 5.74) is 14.1. The van der Waals surface area contributed by atoms with E-state index in [0.717, 1.165) is 45.6 Å². The van der Waals surface area contributed by atoms with E-state index in [1.54, 1.807) is 0 Å². The van der Waals surface area contributed by atoms with Crippen LogP contribution in [0.15, 0.2) is 29.3 Å². The molecule has 2 aliphatic heterocycles. The molecule has 2 fully saturated rings. The summed E-state index contributed by atoms with van der Waals surface area (Å²) >= 11 is 0. The number of piperidine rings is 1. The highest BCUT2D eigenvalue weighted by atomic mass is 127. The monoisotopic (exact) mass is 499 g/mol. The molecule has 0 aliphatic carbocycles. The molecule has 2 saturated heterocycles. The average molecular weight is 499 g/mol. The van der Waals surface area contributed by atoms with Crippen LogP contribution < -0.4 is 11.5 Å². The fourth-order valence-electron chi connectivity index (χ4n) is 4.09. The molecule has 0 radical (unpaired) electrons. The van der Waals surface area contributed by atoms with E-state index in [1.165, 1.54) is 36.8 Å². The first kappa shape index (κ1) is 22.9. The summed E-state index contributed by atoms with van der Waals surface area (Å²) in [5, 5.41) is 0. The molecule has 1 unspecified atom stereocenters. The van der Waals surface area contributed by atoms with Crippen molar-refractivity contribution in [1.29, 1.82) is 0 Å². The highest BCUT2D eigenvalue weighted by Crippen LogP contribution is 2.19. The van der Waals surface area contributed by atoms with Gasteiger partial charge in [0.15, 0.2) is 5.96 Å². The number of hydrogen-bond acceptors (Lipinski definition) is 3. The molecule has 3 rings (SSSR count). The first-order valence-corrected chi connectivity index (χ1v) is 10.3. The molecule has 1 aromatic rings. The van der Waals surface area contributed by atoms with Crippen molar-refractivity contribution in [3.63, 3.8) is 0 Å². The number of nitrogens with two attached hydrogens (primary N) is 2. The highest BCUT2D eigenvalue weighted by molar-refractivity contribution is 14.0. The minimum absolute atomic E-state index is 0. The number of carbonyl (C=O) groups excluding carboxylic acids is 1. The fraction of sp³-hybridized carbons (Fsp3) is 0.619. The maximum atomic E-state index is 11.5. The van der Waals surface area contributed by atoms with E-state index in [-0.39, 0.29) is 35.8 Å². The van der Waals surface area contributed by atoms with Crippen LogP contribution in [-0.2, 0) is 17.9 Å². The van der Waals surface area contributed by atoms with Crippen molar-refractivity contribution in [2.75, 3.05) is 26.2 Å². The molecule has 0 saturated carbocycles. The molecule has 1 atom stereocenters. The molecule has 28 heavy (non-hydrogen) atoms. The van der Waals surface area contributed by atoms with Gasteiger partial charge in [-0.05, 0) is 43.4 Å². The van der Waals surface area contributed by atoms with Crippen LogP contribution in [-0.4, -0.2) is 47.8 Å². The van der Waals surface area contributed by atoms with Gasteiger partial charge >= 0.3 is 0 Å². The van der Waals surface area contributed by atoms with E-state index in [0.29, 0.717) is 12.5 Å². The first-order valence-electron chi connectivity index (χ1n) is 10.3. The van der Waals surface area contributed by atoms with E-state index in [4.69, 9.17) is 11.5 Å². The number of hydrogen-bond donors (Lipinski definition) is 2. The summed E-state index contributed by atoms with van der Waals surface area (Å²) < 4.78 is 0. The van der Waals surface area contributed by atoms with E-state index in [1.807, 2.05) is 0 Å². The zero-order valence-corrected chi connectivity index (χ0v) is 19.0. The largest absolute Gasteiger partial charge is 0.370 e. The molecule has 0 spiro atoms. The SMILES string of the molecule is I.NC(=O)C1CCCN(Cc2cccc(CN=C(N)N3CCCCCC3)c2)C1. The molecule has 1 amide bonds. The summed E-state index contributed by atoms with van der Waals surface area (Å²) in [6, 6.07) is 8.52. The Kier molecular flexibility index (Phi) is 9.50. The molecule has 1 aromatic carbocycles. The van der Waals surface area contributed by atoms with Crippen molar-refractivity contribution in [3.05, 3.63) is 35.4 Å². The van der Waals surface area contributed by atoms with Gasteiger partial charge in [0.05, 0.1) is 12.5 Å². The molecule has 0 aromatic heterocycles. The summed E-state index contributed by atoms with van der Waals surface area (Å²) in [4.78, 5) is 20.6. The van der Waals surface area contributed by atoms with Crippen LogP contribution in [0, 0.1) is 5.92 Å². The lowest BCUT2D eigenvalue weighted by Crippen LogP contribution is -2.40. The number of guanidine groups is 1. The van der Waals surface area contributed by atoms with Gasteiger partial charge in [0.2, 0.25) is 5.91 Å². The van der Waals surface area contributed by atoms with Crippen molar-refractivity contribution in [3.8, 4) is 0 Å². The molecular formula is C21H34IN5O. The van der Waals surface area contributed by atoms with Crippen molar-refractivity contribution in [2.24, 2.45) is 22.4 Å². The van der Waals surface area contributed by atoms with Gasteiger partial charge in [0.25, 0.3) is 0 Å². The molecule has 4 N–H and O–H groups in total. The smallest absolute Gasteiger partial charge is 0.221 e. The van der Waals surface area contributed by atoms with Crippen LogP contribution in [0.3, 0.4) is 0 Å². The van der Waals surface area contributed by atoms with Gasteiger partial charge < -0.3 is 16.4 Å². The van der Waals surface area contributed by atoms with Crippen LogP contribution >= 0.6 is 24.0 Å². The third kappa shape index (κ3) is 6.92. The Hall–Kier alpha value is -1.35. The zero-order valence-electron chi connectivity index (χ0n) is 16.7. The third-order valence-electron chi connectivity index (χ3n) is 5.66. The van der Waals surface area contributed by atoms with Gasteiger partial charge in [-0.2, -0.15) is 0 Å². The van der Waals surface area contributed by atoms with Crippen molar-refractivity contribution < 1.29 is 4.79 Å². The van der Waals surface area contributed by atoms with Gasteiger partial charge in [-0.3, -0.25) is 9.69 Å². The minimum atomic E-state index is -0.174. The topological polar surface area (TPSA) is 88.0 Å². The molecule has 0 bridgehead atoms. The summed E-state index contributed by atoms with van der Waals surface area (Å²) in [5.74, 6) is 0.481. The molecule has 6 nitrogen and oxygen atoms in total. The van der Waals surface area contributed by atoms with E-state index in [9.17, 15) is 4.79 Å². The number of nitrogens with zero attached hydrogens (tertiary/aromatic N) is 3. The Bertz CT molecular complexity index is 658. The van der Waals surface area contributed by atoms with Crippen LogP contribution in [0.25, 0.3) is 0 Å². The maximum absolute atomic E-state index is 11.5. The van der Waals surface area contributed by atoms with Gasteiger partial charge in [0, 0.05) is 26.2 Å².